The normalized spacial score (nSPS) is 10.6. The second-order valence-corrected chi connectivity index (χ2v) is 4.00. The molecule has 0 atom stereocenters. The highest BCUT2D eigenvalue weighted by atomic mass is 35.5. The molecule has 0 aliphatic heterocycles. The lowest BCUT2D eigenvalue weighted by Crippen LogP contribution is -2.12. The van der Waals surface area contributed by atoms with E-state index in [-0.39, 0.29) is 0 Å². The van der Waals surface area contributed by atoms with Crippen LogP contribution in [0, 0.1) is 0 Å². The second-order valence-electron chi connectivity index (χ2n) is 3.59. The number of hydrogen-bond acceptors (Lipinski definition) is 3. The molecule has 3 nitrogen and oxygen atoms in total. The Balaban J connectivity index is 1.87. The largest absolute Gasteiger partial charge is 0.472 e. The highest BCUT2D eigenvalue weighted by Gasteiger charge is 1.99. The summed E-state index contributed by atoms with van der Waals surface area (Å²) in [5.41, 5.74) is 8.57. The summed E-state index contributed by atoms with van der Waals surface area (Å²) in [4.78, 5) is 0. The molecule has 0 bridgehead atoms. The van der Waals surface area contributed by atoms with Gasteiger partial charge in [-0.25, -0.2) is 0 Å². The molecule has 0 aliphatic carbocycles. The third-order valence-corrected chi connectivity index (χ3v) is 2.64. The van der Waals surface area contributed by atoms with Crippen molar-refractivity contribution in [1.82, 2.24) is 5.32 Å². The molecular formula is C12H13ClN2O. The summed E-state index contributed by atoms with van der Waals surface area (Å²) in [5, 5.41) is 3.89. The van der Waals surface area contributed by atoms with Gasteiger partial charge in [-0.3, -0.25) is 0 Å². The molecule has 0 radical (unpaired) electrons. The third-order valence-electron chi connectivity index (χ3n) is 2.30. The molecule has 2 aromatic rings. The third kappa shape index (κ3) is 2.78. The van der Waals surface area contributed by atoms with E-state index < -0.39 is 0 Å². The van der Waals surface area contributed by atoms with Gasteiger partial charge in [-0.05, 0) is 23.8 Å². The molecule has 3 N–H and O–H groups in total. The number of anilines is 1. The van der Waals surface area contributed by atoms with Crippen molar-refractivity contribution in [1.29, 1.82) is 0 Å². The first-order valence-electron chi connectivity index (χ1n) is 5.01. The van der Waals surface area contributed by atoms with Crippen LogP contribution in [0.1, 0.15) is 11.1 Å². The standard InChI is InChI=1S/C12H13ClN2O/c13-11-2-1-9(5-12(11)14)6-15-7-10-3-4-16-8-10/h1-5,8,15H,6-7,14H2. The van der Waals surface area contributed by atoms with Crippen LogP contribution in [0.15, 0.2) is 41.2 Å². The van der Waals surface area contributed by atoms with E-state index in [4.69, 9.17) is 21.8 Å². The Morgan fingerprint density at radius 3 is 2.69 bits per heavy atom. The van der Waals surface area contributed by atoms with E-state index in [9.17, 15) is 0 Å². The summed E-state index contributed by atoms with van der Waals surface area (Å²) in [5.74, 6) is 0. The van der Waals surface area contributed by atoms with Crippen LogP contribution in [0.25, 0.3) is 0 Å². The van der Waals surface area contributed by atoms with Crippen LogP contribution in [-0.4, -0.2) is 0 Å². The first-order valence-corrected chi connectivity index (χ1v) is 5.39. The van der Waals surface area contributed by atoms with E-state index in [1.807, 2.05) is 24.3 Å². The number of nitrogen functional groups attached to an aromatic ring is 1. The van der Waals surface area contributed by atoms with Crippen LogP contribution in [0.5, 0.6) is 0 Å². The van der Waals surface area contributed by atoms with Crippen molar-refractivity contribution in [3.63, 3.8) is 0 Å². The van der Waals surface area contributed by atoms with Gasteiger partial charge in [0.15, 0.2) is 0 Å². The lowest BCUT2D eigenvalue weighted by molar-refractivity contribution is 0.560. The van der Waals surface area contributed by atoms with E-state index in [0.29, 0.717) is 10.7 Å². The highest BCUT2D eigenvalue weighted by molar-refractivity contribution is 6.33. The Hall–Kier alpha value is -1.45. The Labute approximate surface area is 99.2 Å². The molecule has 0 amide bonds. The topological polar surface area (TPSA) is 51.2 Å². The predicted molar refractivity (Wildman–Crippen MR) is 65.1 cm³/mol. The lowest BCUT2D eigenvalue weighted by atomic mass is 10.2. The quantitative estimate of drug-likeness (QED) is 0.803. The van der Waals surface area contributed by atoms with Crippen LogP contribution in [-0.2, 0) is 13.1 Å². The smallest absolute Gasteiger partial charge is 0.0947 e. The van der Waals surface area contributed by atoms with Crippen molar-refractivity contribution in [2.75, 3.05) is 5.73 Å². The Morgan fingerprint density at radius 1 is 1.19 bits per heavy atom. The van der Waals surface area contributed by atoms with E-state index in [2.05, 4.69) is 5.32 Å². The summed E-state index contributed by atoms with van der Waals surface area (Å²) in [6.07, 6.45) is 3.39. The van der Waals surface area contributed by atoms with Gasteiger partial charge in [0.25, 0.3) is 0 Å². The Kier molecular flexibility index (Phi) is 3.49. The fraction of sp³-hybridized carbons (Fsp3) is 0.167. The number of hydrogen-bond donors (Lipinski definition) is 2. The van der Waals surface area contributed by atoms with E-state index in [0.717, 1.165) is 24.2 Å². The van der Waals surface area contributed by atoms with Crippen molar-refractivity contribution in [3.8, 4) is 0 Å². The van der Waals surface area contributed by atoms with Gasteiger partial charge in [-0.15, -0.1) is 0 Å². The SMILES string of the molecule is Nc1cc(CNCc2ccoc2)ccc1Cl. The van der Waals surface area contributed by atoms with Crippen LogP contribution in [0.3, 0.4) is 0 Å². The first-order chi connectivity index (χ1) is 7.75. The molecule has 1 aromatic carbocycles. The van der Waals surface area contributed by atoms with Crippen molar-refractivity contribution >= 4 is 17.3 Å². The van der Waals surface area contributed by atoms with Gasteiger partial charge in [0.2, 0.25) is 0 Å². The van der Waals surface area contributed by atoms with Gasteiger partial charge in [0, 0.05) is 18.7 Å². The summed E-state index contributed by atoms with van der Waals surface area (Å²) < 4.78 is 4.97. The maximum absolute atomic E-state index is 5.84. The molecule has 0 spiro atoms. The number of nitrogens with one attached hydrogen (secondary N) is 1. The summed E-state index contributed by atoms with van der Waals surface area (Å²) in [6, 6.07) is 7.58. The van der Waals surface area contributed by atoms with Crippen molar-refractivity contribution < 1.29 is 4.42 Å². The minimum atomic E-state index is 0.596. The number of halogens is 1. The number of rotatable bonds is 4. The van der Waals surface area contributed by atoms with E-state index in [1.165, 1.54) is 0 Å². The Morgan fingerprint density at radius 2 is 2.00 bits per heavy atom. The van der Waals surface area contributed by atoms with Gasteiger partial charge in [0.1, 0.15) is 0 Å². The second kappa shape index (κ2) is 5.05. The van der Waals surface area contributed by atoms with Gasteiger partial charge < -0.3 is 15.5 Å². The summed E-state index contributed by atoms with van der Waals surface area (Å²) >= 11 is 5.84. The monoisotopic (exact) mass is 236 g/mol. The maximum Gasteiger partial charge on any atom is 0.0947 e. The summed E-state index contributed by atoms with van der Waals surface area (Å²) in [6.45, 7) is 1.53. The van der Waals surface area contributed by atoms with Crippen molar-refractivity contribution in [2.45, 2.75) is 13.1 Å². The zero-order chi connectivity index (χ0) is 11.4. The minimum absolute atomic E-state index is 0.596. The van der Waals surface area contributed by atoms with Gasteiger partial charge in [-0.1, -0.05) is 17.7 Å². The Bertz CT molecular complexity index is 454. The highest BCUT2D eigenvalue weighted by Crippen LogP contribution is 2.19. The van der Waals surface area contributed by atoms with Crippen LogP contribution in [0.4, 0.5) is 5.69 Å². The molecular weight excluding hydrogens is 224 g/mol. The van der Waals surface area contributed by atoms with Crippen molar-refractivity contribution in [2.24, 2.45) is 0 Å². The molecule has 0 unspecified atom stereocenters. The molecule has 84 valence electrons. The van der Waals surface area contributed by atoms with E-state index in [1.54, 1.807) is 12.5 Å². The molecule has 1 aromatic heterocycles. The van der Waals surface area contributed by atoms with Crippen LogP contribution < -0.4 is 11.1 Å². The molecule has 0 fully saturated rings. The molecule has 0 aliphatic rings. The lowest BCUT2D eigenvalue weighted by Gasteiger charge is -2.05. The number of benzene rings is 1. The average molecular weight is 237 g/mol. The van der Waals surface area contributed by atoms with E-state index >= 15 is 0 Å². The molecule has 0 saturated carbocycles. The van der Waals surface area contributed by atoms with Crippen LogP contribution in [0.2, 0.25) is 5.02 Å². The van der Waals surface area contributed by atoms with Crippen LogP contribution >= 0.6 is 11.6 Å². The summed E-state index contributed by atoms with van der Waals surface area (Å²) in [7, 11) is 0. The maximum atomic E-state index is 5.84. The molecule has 2 rings (SSSR count). The van der Waals surface area contributed by atoms with Gasteiger partial charge in [-0.2, -0.15) is 0 Å². The first kappa shape index (κ1) is 11.0. The molecule has 0 saturated heterocycles. The fourth-order valence-electron chi connectivity index (χ4n) is 1.45. The van der Waals surface area contributed by atoms with Gasteiger partial charge >= 0.3 is 0 Å². The minimum Gasteiger partial charge on any atom is -0.472 e. The number of nitrogens with two attached hydrogens (primary N) is 1. The zero-order valence-electron chi connectivity index (χ0n) is 8.74. The predicted octanol–water partition coefficient (Wildman–Crippen LogP) is 2.81. The average Bonchev–Trinajstić information content (AvgIpc) is 2.76. The molecule has 16 heavy (non-hydrogen) atoms. The fourth-order valence-corrected chi connectivity index (χ4v) is 1.57. The van der Waals surface area contributed by atoms with Gasteiger partial charge in [0.05, 0.1) is 23.2 Å². The zero-order valence-corrected chi connectivity index (χ0v) is 9.50. The molecule has 4 heteroatoms. The number of furan rings is 1. The van der Waals surface area contributed by atoms with Crippen molar-refractivity contribution in [3.05, 3.63) is 52.9 Å². The molecule has 1 heterocycles.